The Morgan fingerprint density at radius 3 is 2.68 bits per heavy atom. The molecule has 1 saturated heterocycles. The topological polar surface area (TPSA) is 101 Å². The molecule has 3 heterocycles. The van der Waals surface area contributed by atoms with Crippen molar-refractivity contribution in [3.8, 4) is 16.9 Å². The predicted octanol–water partition coefficient (Wildman–Crippen LogP) is 4.32. The Morgan fingerprint density at radius 2 is 1.92 bits per heavy atom. The molecule has 1 unspecified atom stereocenters. The number of nitrogens with zero attached hydrogens (tertiary/aromatic N) is 3. The number of rotatable bonds is 7. The van der Waals surface area contributed by atoms with E-state index in [-0.39, 0.29) is 33.7 Å². The SMILES string of the molecule is O=C(NCC1CCNC1)c1cc(NC(=O)c2cc(-c3ncccc3F)ccc2Cl)n(-c2ccccc2)n1. The normalized spacial score (nSPS) is 14.9. The Balaban J connectivity index is 1.43. The zero-order valence-corrected chi connectivity index (χ0v) is 20.5. The van der Waals surface area contributed by atoms with Crippen LogP contribution in [-0.4, -0.2) is 46.2 Å². The first-order chi connectivity index (χ1) is 18.0. The summed E-state index contributed by atoms with van der Waals surface area (Å²) in [5.74, 6) is -0.721. The highest BCUT2D eigenvalue weighted by Crippen LogP contribution is 2.27. The number of carbonyl (C=O) groups is 2. The Hall–Kier alpha value is -4.08. The number of carbonyl (C=O) groups excluding carboxylic acids is 2. The second-order valence-electron chi connectivity index (χ2n) is 8.71. The van der Waals surface area contributed by atoms with Crippen LogP contribution in [0.5, 0.6) is 0 Å². The van der Waals surface area contributed by atoms with E-state index in [0.717, 1.165) is 19.5 Å². The van der Waals surface area contributed by atoms with Gasteiger partial charge in [0.15, 0.2) is 5.69 Å². The molecule has 8 nitrogen and oxygen atoms in total. The molecular formula is C27H24ClFN6O2. The van der Waals surface area contributed by atoms with Crippen molar-refractivity contribution in [2.24, 2.45) is 5.92 Å². The molecule has 0 radical (unpaired) electrons. The van der Waals surface area contributed by atoms with E-state index in [2.05, 4.69) is 26.0 Å². The maximum absolute atomic E-state index is 14.3. The van der Waals surface area contributed by atoms with Crippen molar-refractivity contribution in [2.75, 3.05) is 25.0 Å². The second kappa shape index (κ2) is 10.9. The standard InChI is InChI=1S/C27H24ClFN6O2/c28-21-9-8-18(25-22(29)7-4-11-31-25)13-20(21)26(36)33-24-14-23(27(37)32-16-17-10-12-30-15-17)34-35(24)19-5-2-1-3-6-19/h1-9,11,13-14,17,30H,10,12,15-16H2,(H,32,37)(H,33,36). The lowest BCUT2D eigenvalue weighted by Crippen LogP contribution is -2.30. The van der Waals surface area contributed by atoms with Gasteiger partial charge in [0, 0.05) is 24.4 Å². The van der Waals surface area contributed by atoms with Gasteiger partial charge >= 0.3 is 0 Å². The number of hydrogen-bond donors (Lipinski definition) is 3. The van der Waals surface area contributed by atoms with Gasteiger partial charge in [-0.05, 0) is 61.8 Å². The summed E-state index contributed by atoms with van der Waals surface area (Å²) in [4.78, 5) is 30.2. The quantitative estimate of drug-likeness (QED) is 0.338. The molecule has 37 heavy (non-hydrogen) atoms. The molecule has 0 spiro atoms. The highest BCUT2D eigenvalue weighted by molar-refractivity contribution is 6.34. The van der Waals surface area contributed by atoms with Crippen molar-refractivity contribution in [3.63, 3.8) is 0 Å². The average Bonchev–Trinajstić information content (AvgIpc) is 3.59. The van der Waals surface area contributed by atoms with Gasteiger partial charge in [-0.25, -0.2) is 9.07 Å². The zero-order valence-electron chi connectivity index (χ0n) is 19.7. The molecule has 10 heteroatoms. The molecule has 0 saturated carbocycles. The third kappa shape index (κ3) is 5.52. The summed E-state index contributed by atoms with van der Waals surface area (Å²) >= 11 is 6.33. The third-order valence-electron chi connectivity index (χ3n) is 6.14. The molecule has 2 aromatic carbocycles. The van der Waals surface area contributed by atoms with Crippen molar-refractivity contribution in [2.45, 2.75) is 6.42 Å². The van der Waals surface area contributed by atoms with Crippen LogP contribution < -0.4 is 16.0 Å². The van der Waals surface area contributed by atoms with E-state index in [1.165, 1.54) is 41.2 Å². The summed E-state index contributed by atoms with van der Waals surface area (Å²) in [6.07, 6.45) is 2.48. The van der Waals surface area contributed by atoms with Crippen LogP contribution in [0.2, 0.25) is 5.02 Å². The maximum atomic E-state index is 14.3. The van der Waals surface area contributed by atoms with Gasteiger partial charge in [-0.15, -0.1) is 0 Å². The van der Waals surface area contributed by atoms with Crippen LogP contribution in [0.1, 0.15) is 27.3 Å². The molecule has 2 aromatic heterocycles. The summed E-state index contributed by atoms with van der Waals surface area (Å²) in [6.45, 7) is 2.34. The zero-order chi connectivity index (χ0) is 25.8. The molecule has 0 aliphatic carbocycles. The third-order valence-corrected chi connectivity index (χ3v) is 6.47. The van der Waals surface area contributed by atoms with E-state index in [1.807, 2.05) is 30.3 Å². The van der Waals surface area contributed by atoms with Crippen molar-refractivity contribution >= 4 is 29.2 Å². The van der Waals surface area contributed by atoms with Gasteiger partial charge in [0.1, 0.15) is 17.3 Å². The lowest BCUT2D eigenvalue weighted by molar-refractivity contribution is 0.0942. The average molecular weight is 519 g/mol. The van der Waals surface area contributed by atoms with Crippen LogP contribution in [0.15, 0.2) is 72.9 Å². The van der Waals surface area contributed by atoms with Crippen LogP contribution >= 0.6 is 11.6 Å². The number of benzene rings is 2. The van der Waals surface area contributed by atoms with Crippen molar-refractivity contribution < 1.29 is 14.0 Å². The van der Waals surface area contributed by atoms with Crippen molar-refractivity contribution in [3.05, 3.63) is 95.0 Å². The molecule has 1 aliphatic rings. The minimum absolute atomic E-state index is 0.110. The summed E-state index contributed by atoms with van der Waals surface area (Å²) < 4.78 is 15.8. The van der Waals surface area contributed by atoms with Gasteiger partial charge < -0.3 is 16.0 Å². The van der Waals surface area contributed by atoms with E-state index >= 15 is 0 Å². The Kier molecular flexibility index (Phi) is 7.25. The maximum Gasteiger partial charge on any atom is 0.271 e. The molecule has 5 rings (SSSR count). The summed E-state index contributed by atoms with van der Waals surface area (Å²) in [5, 5.41) is 13.6. The Bertz CT molecular complexity index is 1440. The summed E-state index contributed by atoms with van der Waals surface area (Å²) in [5.41, 5.74) is 1.47. The Morgan fingerprint density at radius 1 is 1.08 bits per heavy atom. The summed E-state index contributed by atoms with van der Waals surface area (Å²) in [6, 6.07) is 18.0. The van der Waals surface area contributed by atoms with Crippen LogP contribution in [0.25, 0.3) is 16.9 Å². The van der Waals surface area contributed by atoms with Crippen LogP contribution in [0.3, 0.4) is 0 Å². The summed E-state index contributed by atoms with van der Waals surface area (Å²) in [7, 11) is 0. The number of aromatic nitrogens is 3. The molecule has 4 aromatic rings. The minimum atomic E-state index is -0.538. The van der Waals surface area contributed by atoms with Gasteiger partial charge in [-0.3, -0.25) is 14.6 Å². The van der Waals surface area contributed by atoms with Gasteiger partial charge in [0.25, 0.3) is 11.8 Å². The number of para-hydroxylation sites is 1. The number of halogens is 2. The van der Waals surface area contributed by atoms with Crippen LogP contribution in [0, 0.1) is 11.7 Å². The van der Waals surface area contributed by atoms with Gasteiger partial charge in [-0.1, -0.05) is 35.9 Å². The lowest BCUT2D eigenvalue weighted by Gasteiger charge is -2.11. The predicted molar refractivity (Wildman–Crippen MR) is 139 cm³/mol. The first-order valence-corrected chi connectivity index (χ1v) is 12.2. The smallest absolute Gasteiger partial charge is 0.271 e. The lowest BCUT2D eigenvalue weighted by atomic mass is 10.1. The number of hydrogen-bond acceptors (Lipinski definition) is 5. The fourth-order valence-corrected chi connectivity index (χ4v) is 4.40. The fraction of sp³-hybridized carbons (Fsp3) is 0.185. The number of amides is 2. The molecule has 188 valence electrons. The molecule has 1 fully saturated rings. The molecule has 1 aliphatic heterocycles. The Labute approximate surface area is 217 Å². The van der Waals surface area contributed by atoms with E-state index in [4.69, 9.17) is 11.6 Å². The molecule has 0 bridgehead atoms. The van der Waals surface area contributed by atoms with Gasteiger partial charge in [-0.2, -0.15) is 5.10 Å². The fourth-order valence-electron chi connectivity index (χ4n) is 4.19. The highest BCUT2D eigenvalue weighted by Gasteiger charge is 2.21. The van der Waals surface area contributed by atoms with Crippen LogP contribution in [0.4, 0.5) is 10.2 Å². The van der Waals surface area contributed by atoms with Gasteiger partial charge in [0.2, 0.25) is 0 Å². The second-order valence-corrected chi connectivity index (χ2v) is 9.12. The molecule has 1 atom stereocenters. The largest absolute Gasteiger partial charge is 0.350 e. The van der Waals surface area contributed by atoms with Crippen molar-refractivity contribution in [1.29, 1.82) is 0 Å². The minimum Gasteiger partial charge on any atom is -0.350 e. The first-order valence-electron chi connectivity index (χ1n) is 11.9. The highest BCUT2D eigenvalue weighted by atomic mass is 35.5. The van der Waals surface area contributed by atoms with E-state index < -0.39 is 11.7 Å². The van der Waals surface area contributed by atoms with E-state index in [1.54, 1.807) is 6.07 Å². The monoisotopic (exact) mass is 518 g/mol. The van der Waals surface area contributed by atoms with E-state index in [9.17, 15) is 14.0 Å². The first kappa shape index (κ1) is 24.6. The number of anilines is 1. The van der Waals surface area contributed by atoms with Crippen molar-refractivity contribution in [1.82, 2.24) is 25.4 Å². The van der Waals surface area contributed by atoms with E-state index in [0.29, 0.717) is 23.7 Å². The molecular weight excluding hydrogens is 495 g/mol. The van der Waals surface area contributed by atoms with Gasteiger partial charge in [0.05, 0.1) is 16.3 Å². The molecule has 3 N–H and O–H groups in total. The van der Waals surface area contributed by atoms with Crippen LogP contribution in [-0.2, 0) is 0 Å². The molecule has 2 amide bonds. The number of nitrogens with one attached hydrogen (secondary N) is 3. The number of pyridine rings is 1.